The number of thiazole rings is 1. The monoisotopic (exact) mass is 391 g/mol. The number of quaternary nitrogens is 1. The summed E-state index contributed by atoms with van der Waals surface area (Å²) in [6.07, 6.45) is 3.70. The van der Waals surface area contributed by atoms with E-state index in [4.69, 9.17) is 4.74 Å². The number of hydrogen-bond donors (Lipinski definition) is 0. The SMILES string of the molecule is CCCCCCS(=O)(=O)c1cnc([N+]2([O-])CCN(C)C2OC(C)=O)s1. The van der Waals surface area contributed by atoms with Gasteiger partial charge in [-0.25, -0.2) is 13.3 Å². The lowest BCUT2D eigenvalue weighted by molar-refractivity contribution is -0.161. The van der Waals surface area contributed by atoms with Gasteiger partial charge in [-0.05, 0) is 24.8 Å². The van der Waals surface area contributed by atoms with Crippen LogP contribution in [-0.4, -0.2) is 56.5 Å². The van der Waals surface area contributed by atoms with Crippen molar-refractivity contribution in [2.45, 2.75) is 50.1 Å². The van der Waals surface area contributed by atoms with Crippen molar-refractivity contribution in [2.24, 2.45) is 0 Å². The van der Waals surface area contributed by atoms with Crippen LogP contribution in [0.15, 0.2) is 10.4 Å². The molecule has 1 aromatic heterocycles. The Kier molecular flexibility index (Phi) is 6.55. The second kappa shape index (κ2) is 8.09. The van der Waals surface area contributed by atoms with E-state index in [-0.39, 0.29) is 21.6 Å². The van der Waals surface area contributed by atoms with E-state index >= 15 is 0 Å². The van der Waals surface area contributed by atoms with Gasteiger partial charge in [-0.3, -0.25) is 9.44 Å². The van der Waals surface area contributed by atoms with E-state index in [2.05, 4.69) is 11.9 Å². The highest BCUT2D eigenvalue weighted by Crippen LogP contribution is 2.36. The molecular formula is C15H25N3O5S2. The molecule has 0 radical (unpaired) electrons. The second-order valence-corrected chi connectivity index (χ2v) is 9.62. The molecule has 1 saturated heterocycles. The summed E-state index contributed by atoms with van der Waals surface area (Å²) in [5.41, 5.74) is 0. The van der Waals surface area contributed by atoms with Crippen LogP contribution in [0.25, 0.3) is 0 Å². The highest BCUT2D eigenvalue weighted by molar-refractivity contribution is 7.93. The van der Waals surface area contributed by atoms with Crippen LogP contribution in [0.1, 0.15) is 39.5 Å². The van der Waals surface area contributed by atoms with Crippen molar-refractivity contribution < 1.29 is 17.9 Å². The molecule has 1 fully saturated rings. The molecule has 1 aromatic rings. The van der Waals surface area contributed by atoms with E-state index in [1.807, 2.05) is 0 Å². The van der Waals surface area contributed by atoms with E-state index in [1.165, 1.54) is 13.1 Å². The standard InChI is InChI=1S/C15H25N3O5S2/c1-4-5-6-7-10-25(21,22)13-11-16-14(24-13)18(20)9-8-17(3)15(18)23-12(2)19/h11,15H,4-10H2,1-3H3. The van der Waals surface area contributed by atoms with Crippen molar-refractivity contribution in [1.82, 2.24) is 14.5 Å². The molecule has 0 aromatic carbocycles. The van der Waals surface area contributed by atoms with Crippen LogP contribution in [0, 0.1) is 5.21 Å². The summed E-state index contributed by atoms with van der Waals surface area (Å²) >= 11 is 0.875. The van der Waals surface area contributed by atoms with Gasteiger partial charge < -0.3 is 9.94 Å². The third-order valence-electron chi connectivity index (χ3n) is 4.16. The molecule has 1 aliphatic heterocycles. The van der Waals surface area contributed by atoms with Gasteiger partial charge in [-0.1, -0.05) is 26.2 Å². The van der Waals surface area contributed by atoms with Crippen molar-refractivity contribution in [2.75, 3.05) is 25.9 Å². The van der Waals surface area contributed by atoms with Gasteiger partial charge in [-0.2, -0.15) is 4.98 Å². The molecule has 10 heteroatoms. The maximum Gasteiger partial charge on any atom is 0.308 e. The summed E-state index contributed by atoms with van der Waals surface area (Å²) in [5.74, 6) is -0.502. The minimum atomic E-state index is -3.44. The Hall–Kier alpha value is -1.07. The first-order valence-corrected chi connectivity index (χ1v) is 10.8. The number of hydrogen-bond acceptors (Lipinski definition) is 8. The van der Waals surface area contributed by atoms with Gasteiger partial charge >= 0.3 is 12.3 Å². The Balaban J connectivity index is 2.17. The number of carbonyl (C=O) groups is 1. The van der Waals surface area contributed by atoms with Crippen LogP contribution in [0.3, 0.4) is 0 Å². The topological polar surface area (TPSA) is 99.6 Å². The van der Waals surface area contributed by atoms with Crippen LogP contribution in [0.5, 0.6) is 0 Å². The number of sulfone groups is 1. The summed E-state index contributed by atoms with van der Waals surface area (Å²) < 4.78 is 29.1. The molecule has 2 rings (SSSR count). The first-order chi connectivity index (χ1) is 11.7. The van der Waals surface area contributed by atoms with Crippen LogP contribution in [-0.2, 0) is 19.4 Å². The summed E-state index contributed by atoms with van der Waals surface area (Å²) in [4.78, 5) is 17.0. The maximum absolute atomic E-state index is 13.2. The normalized spacial score (nSPS) is 24.6. The van der Waals surface area contributed by atoms with Gasteiger partial charge in [0.25, 0.3) is 5.13 Å². The smallest absolute Gasteiger partial charge is 0.308 e. The predicted molar refractivity (Wildman–Crippen MR) is 96.5 cm³/mol. The summed E-state index contributed by atoms with van der Waals surface area (Å²) in [5, 5.41) is 13.3. The number of hydroxylamine groups is 2. The first kappa shape index (κ1) is 20.2. The number of nitrogens with zero attached hydrogens (tertiary/aromatic N) is 3. The van der Waals surface area contributed by atoms with Gasteiger partial charge in [0, 0.05) is 6.92 Å². The van der Waals surface area contributed by atoms with Crippen molar-refractivity contribution in [3.8, 4) is 0 Å². The molecule has 0 spiro atoms. The van der Waals surface area contributed by atoms with E-state index in [0.29, 0.717) is 13.0 Å². The molecule has 0 N–H and O–H groups in total. The molecule has 0 amide bonds. The Morgan fingerprint density at radius 2 is 2.20 bits per heavy atom. The lowest BCUT2D eigenvalue weighted by Gasteiger charge is -2.39. The number of esters is 1. The van der Waals surface area contributed by atoms with Crippen molar-refractivity contribution in [1.29, 1.82) is 0 Å². The van der Waals surface area contributed by atoms with Gasteiger partial charge in [-0.15, -0.1) is 0 Å². The first-order valence-electron chi connectivity index (χ1n) is 8.36. The highest BCUT2D eigenvalue weighted by Gasteiger charge is 2.45. The van der Waals surface area contributed by atoms with E-state index in [0.717, 1.165) is 30.6 Å². The fourth-order valence-electron chi connectivity index (χ4n) is 2.75. The lowest BCUT2D eigenvalue weighted by Crippen LogP contribution is -2.53. The van der Waals surface area contributed by atoms with Crippen LogP contribution in [0.2, 0.25) is 0 Å². The minimum absolute atomic E-state index is 0.0563. The zero-order valence-corrected chi connectivity index (χ0v) is 16.4. The molecule has 2 unspecified atom stereocenters. The number of carbonyl (C=O) groups excluding carboxylic acids is 1. The molecule has 2 atom stereocenters. The van der Waals surface area contributed by atoms with Crippen LogP contribution >= 0.6 is 11.3 Å². The molecule has 1 aliphatic rings. The Morgan fingerprint density at radius 1 is 1.48 bits per heavy atom. The largest absolute Gasteiger partial charge is 0.622 e. The van der Waals surface area contributed by atoms with Crippen LogP contribution < -0.4 is 4.65 Å². The molecule has 0 bridgehead atoms. The van der Waals surface area contributed by atoms with E-state index in [9.17, 15) is 18.4 Å². The number of ether oxygens (including phenoxy) is 1. The third-order valence-corrected chi connectivity index (χ3v) is 7.62. The van der Waals surface area contributed by atoms with Gasteiger partial charge in [0.05, 0.1) is 18.5 Å². The van der Waals surface area contributed by atoms with Crippen molar-refractivity contribution in [3.63, 3.8) is 0 Å². The quantitative estimate of drug-likeness (QED) is 0.289. The molecule has 25 heavy (non-hydrogen) atoms. The number of rotatable bonds is 8. The van der Waals surface area contributed by atoms with Crippen LogP contribution in [0.4, 0.5) is 5.13 Å². The fraction of sp³-hybridized carbons (Fsp3) is 0.733. The molecule has 142 valence electrons. The van der Waals surface area contributed by atoms with Crippen molar-refractivity contribution in [3.05, 3.63) is 11.4 Å². The highest BCUT2D eigenvalue weighted by atomic mass is 32.2. The molecule has 8 nitrogen and oxygen atoms in total. The summed E-state index contributed by atoms with van der Waals surface area (Å²) in [6, 6.07) is 0. The molecule has 0 aliphatic carbocycles. The fourth-order valence-corrected chi connectivity index (χ4v) is 5.45. The van der Waals surface area contributed by atoms with Crippen molar-refractivity contribution >= 4 is 32.3 Å². The minimum Gasteiger partial charge on any atom is -0.622 e. The van der Waals surface area contributed by atoms with E-state index in [1.54, 1.807) is 11.9 Å². The molecule has 2 heterocycles. The average Bonchev–Trinajstić information content (AvgIpc) is 3.14. The Morgan fingerprint density at radius 3 is 2.84 bits per heavy atom. The molecule has 0 saturated carbocycles. The Bertz CT molecular complexity index is 706. The van der Waals surface area contributed by atoms with Gasteiger partial charge in [0.1, 0.15) is 10.8 Å². The number of likely N-dealkylation sites (N-methyl/N-ethyl adjacent to an activating group) is 1. The number of unbranched alkanes of at least 4 members (excludes halogenated alkanes) is 3. The summed E-state index contributed by atoms with van der Waals surface area (Å²) in [7, 11) is -1.76. The second-order valence-electron chi connectivity index (χ2n) is 6.28. The van der Waals surface area contributed by atoms with Gasteiger partial charge in [0.2, 0.25) is 0 Å². The van der Waals surface area contributed by atoms with E-state index < -0.39 is 26.8 Å². The molecular weight excluding hydrogens is 366 g/mol. The Labute approximate surface area is 152 Å². The lowest BCUT2D eigenvalue weighted by atomic mass is 10.2. The zero-order chi connectivity index (χ0) is 18.7. The summed E-state index contributed by atoms with van der Waals surface area (Å²) in [6.45, 7) is 3.89. The maximum atomic E-state index is 13.2. The van der Waals surface area contributed by atoms with Gasteiger partial charge in [0.15, 0.2) is 9.84 Å². The third kappa shape index (κ3) is 4.56. The average molecular weight is 392 g/mol. The predicted octanol–water partition coefficient (Wildman–Crippen LogP) is 2.09. The number of aromatic nitrogens is 1. The zero-order valence-electron chi connectivity index (χ0n) is 14.8.